The topological polar surface area (TPSA) is 97.8 Å². The molecule has 0 unspecified atom stereocenters. The molecule has 0 radical (unpaired) electrons. The first-order valence-corrected chi connectivity index (χ1v) is 13.0. The summed E-state index contributed by atoms with van der Waals surface area (Å²) in [7, 11) is 4.88. The van der Waals surface area contributed by atoms with Gasteiger partial charge in [0, 0.05) is 11.1 Å². The Kier molecular flexibility index (Phi) is 5.81. The van der Waals surface area contributed by atoms with Crippen molar-refractivity contribution >= 4 is 5.65 Å². The Balaban J connectivity index is 1.48. The van der Waals surface area contributed by atoms with Crippen molar-refractivity contribution in [3.05, 3.63) is 102 Å². The first-order chi connectivity index (χ1) is 20.1. The van der Waals surface area contributed by atoms with Gasteiger partial charge in [-0.25, -0.2) is 19.2 Å². The van der Waals surface area contributed by atoms with Crippen LogP contribution in [0.5, 0.6) is 29.0 Å². The molecule has 0 bridgehead atoms. The molecule has 41 heavy (non-hydrogen) atoms. The zero-order valence-corrected chi connectivity index (χ0v) is 22.9. The van der Waals surface area contributed by atoms with Crippen LogP contribution in [0, 0.1) is 6.92 Å². The predicted molar refractivity (Wildman–Crippen MR) is 152 cm³/mol. The van der Waals surface area contributed by atoms with E-state index in [1.807, 2.05) is 78.3 Å². The largest absolute Gasteiger partial charge is 0.496 e. The number of nitrogens with zero attached hydrogens (tertiary/aromatic N) is 6. The first kappa shape index (κ1) is 24.6. The maximum absolute atomic E-state index is 6.53. The molecule has 0 spiro atoms. The van der Waals surface area contributed by atoms with E-state index >= 15 is 0 Å². The number of hydrogen-bond donors (Lipinski definition) is 0. The fourth-order valence-corrected chi connectivity index (χ4v) is 5.44. The summed E-state index contributed by atoms with van der Waals surface area (Å²) in [6.07, 6.45) is 1.62. The zero-order valence-electron chi connectivity index (χ0n) is 22.9. The van der Waals surface area contributed by atoms with Gasteiger partial charge in [-0.3, -0.25) is 0 Å². The maximum atomic E-state index is 6.53. The lowest BCUT2D eigenvalue weighted by Gasteiger charge is -2.27. The third-order valence-electron chi connectivity index (χ3n) is 7.31. The first-order valence-electron chi connectivity index (χ1n) is 13.0. The second kappa shape index (κ2) is 9.67. The van der Waals surface area contributed by atoms with E-state index in [-0.39, 0.29) is 5.92 Å². The molecule has 0 fully saturated rings. The summed E-state index contributed by atoms with van der Waals surface area (Å²) >= 11 is 0. The van der Waals surface area contributed by atoms with Gasteiger partial charge < -0.3 is 18.9 Å². The molecule has 6 aromatic rings. The van der Waals surface area contributed by atoms with Crippen molar-refractivity contribution in [3.8, 4) is 46.1 Å². The number of ether oxygens (including phenoxy) is 4. The number of benzene rings is 3. The predicted octanol–water partition coefficient (Wildman–Crippen LogP) is 5.60. The summed E-state index contributed by atoms with van der Waals surface area (Å²) in [5.41, 5.74) is 5.75. The van der Waals surface area contributed by atoms with Gasteiger partial charge in [-0.15, -0.1) is 5.10 Å². The number of aromatic nitrogens is 6. The second-order valence-corrected chi connectivity index (χ2v) is 9.57. The molecule has 1 aliphatic rings. The van der Waals surface area contributed by atoms with Crippen LogP contribution < -0.4 is 18.9 Å². The Bertz CT molecular complexity index is 1910. The lowest BCUT2D eigenvalue weighted by Crippen LogP contribution is -2.16. The van der Waals surface area contributed by atoms with Crippen LogP contribution in [-0.4, -0.2) is 50.7 Å². The molecule has 0 amide bonds. The van der Waals surface area contributed by atoms with Crippen LogP contribution in [-0.2, 0) is 0 Å². The van der Waals surface area contributed by atoms with Crippen molar-refractivity contribution in [1.29, 1.82) is 0 Å². The number of methoxy groups -OCH3 is 3. The Morgan fingerprint density at radius 1 is 0.780 bits per heavy atom. The van der Waals surface area contributed by atoms with E-state index in [0.29, 0.717) is 34.7 Å². The molecule has 204 valence electrons. The van der Waals surface area contributed by atoms with Crippen LogP contribution in [0.4, 0.5) is 0 Å². The van der Waals surface area contributed by atoms with Crippen molar-refractivity contribution in [2.24, 2.45) is 0 Å². The standard InChI is InChI=1S/C31H26N6O4/c1-18-25-26(21-12-8-9-13-22(21)38-2)27-29-33-28(19-14-15-23(39-3)24(16-19)40-4)35-36(29)17-32-30(27)41-31(25)37(34-18)20-10-6-5-7-11-20/h5-17,26H,1-4H3/t26-/m1/s1. The molecule has 4 heterocycles. The molecule has 3 aromatic carbocycles. The Morgan fingerprint density at radius 3 is 2.32 bits per heavy atom. The fourth-order valence-electron chi connectivity index (χ4n) is 5.44. The highest BCUT2D eigenvalue weighted by Gasteiger charge is 2.39. The van der Waals surface area contributed by atoms with Gasteiger partial charge in [0.2, 0.25) is 11.8 Å². The maximum Gasteiger partial charge on any atom is 0.230 e. The van der Waals surface area contributed by atoms with Crippen LogP contribution in [0.2, 0.25) is 0 Å². The number of fused-ring (bicyclic) bond motifs is 4. The SMILES string of the molecule is COc1ccc(-c2nc3c4c(ncn3n2)Oc2c(c(C)nn2-c2ccccc2)[C@H]4c2ccccc2OC)cc1OC. The molecule has 0 N–H and O–H groups in total. The Hall–Kier alpha value is -5.38. The molecule has 1 aliphatic heterocycles. The average Bonchev–Trinajstić information content (AvgIpc) is 3.61. The highest BCUT2D eigenvalue weighted by molar-refractivity contribution is 5.70. The molecule has 0 saturated heterocycles. The lowest BCUT2D eigenvalue weighted by atomic mass is 9.84. The summed E-state index contributed by atoms with van der Waals surface area (Å²) in [5, 5.41) is 9.66. The molecular weight excluding hydrogens is 520 g/mol. The van der Waals surface area contributed by atoms with Crippen molar-refractivity contribution in [2.75, 3.05) is 21.3 Å². The van der Waals surface area contributed by atoms with E-state index in [1.165, 1.54) is 0 Å². The third-order valence-corrected chi connectivity index (χ3v) is 7.31. The van der Waals surface area contributed by atoms with Gasteiger partial charge in [-0.05, 0) is 43.3 Å². The van der Waals surface area contributed by atoms with Crippen molar-refractivity contribution in [2.45, 2.75) is 12.8 Å². The van der Waals surface area contributed by atoms with Crippen LogP contribution >= 0.6 is 0 Å². The van der Waals surface area contributed by atoms with E-state index in [1.54, 1.807) is 32.2 Å². The summed E-state index contributed by atoms with van der Waals surface area (Å²) in [5.74, 6) is 3.18. The molecule has 10 nitrogen and oxygen atoms in total. The molecule has 7 rings (SSSR count). The van der Waals surface area contributed by atoms with E-state index in [4.69, 9.17) is 39.1 Å². The average molecular weight is 547 g/mol. The fraction of sp³-hybridized carbons (Fsp3) is 0.161. The van der Waals surface area contributed by atoms with Crippen LogP contribution in [0.1, 0.15) is 28.3 Å². The molecule has 0 aliphatic carbocycles. The van der Waals surface area contributed by atoms with Gasteiger partial charge in [0.15, 0.2) is 23.0 Å². The van der Waals surface area contributed by atoms with Gasteiger partial charge in [-0.2, -0.15) is 5.10 Å². The highest BCUT2D eigenvalue weighted by atomic mass is 16.5. The van der Waals surface area contributed by atoms with E-state index in [2.05, 4.69) is 6.07 Å². The van der Waals surface area contributed by atoms with E-state index in [0.717, 1.165) is 39.4 Å². The minimum Gasteiger partial charge on any atom is -0.496 e. The second-order valence-electron chi connectivity index (χ2n) is 9.57. The van der Waals surface area contributed by atoms with Crippen molar-refractivity contribution in [3.63, 3.8) is 0 Å². The summed E-state index contributed by atoms with van der Waals surface area (Å²) in [6.45, 7) is 1.99. The van der Waals surface area contributed by atoms with Gasteiger partial charge in [0.1, 0.15) is 12.1 Å². The van der Waals surface area contributed by atoms with Gasteiger partial charge in [-0.1, -0.05) is 36.4 Å². The zero-order chi connectivity index (χ0) is 28.1. The van der Waals surface area contributed by atoms with Gasteiger partial charge in [0.05, 0.1) is 49.8 Å². The number of rotatable bonds is 6. The summed E-state index contributed by atoms with van der Waals surface area (Å²) in [6, 6.07) is 23.4. The number of aryl methyl sites for hydroxylation is 1. The highest BCUT2D eigenvalue weighted by Crippen LogP contribution is 2.51. The lowest BCUT2D eigenvalue weighted by molar-refractivity contribution is 0.355. The molecule has 1 atom stereocenters. The van der Waals surface area contributed by atoms with Gasteiger partial charge in [0.25, 0.3) is 0 Å². The molecule has 0 saturated carbocycles. The smallest absolute Gasteiger partial charge is 0.230 e. The molecule has 3 aromatic heterocycles. The number of para-hydroxylation sites is 2. The minimum atomic E-state index is -0.332. The van der Waals surface area contributed by atoms with E-state index < -0.39 is 0 Å². The minimum absolute atomic E-state index is 0.332. The summed E-state index contributed by atoms with van der Waals surface area (Å²) in [4.78, 5) is 9.69. The normalized spacial score (nSPS) is 13.8. The molecule has 10 heteroatoms. The quantitative estimate of drug-likeness (QED) is 0.266. The van der Waals surface area contributed by atoms with Crippen LogP contribution in [0.25, 0.3) is 22.7 Å². The third kappa shape index (κ3) is 3.87. The Morgan fingerprint density at radius 2 is 1.54 bits per heavy atom. The Labute approximate surface area is 235 Å². The summed E-state index contributed by atoms with van der Waals surface area (Å²) < 4.78 is 26.8. The van der Waals surface area contributed by atoms with Crippen LogP contribution in [0.3, 0.4) is 0 Å². The van der Waals surface area contributed by atoms with Crippen LogP contribution in [0.15, 0.2) is 79.1 Å². The molecular formula is C31H26N6O4. The monoisotopic (exact) mass is 546 g/mol. The van der Waals surface area contributed by atoms with Crippen molar-refractivity contribution in [1.82, 2.24) is 29.4 Å². The van der Waals surface area contributed by atoms with E-state index in [9.17, 15) is 0 Å². The van der Waals surface area contributed by atoms with Gasteiger partial charge >= 0.3 is 0 Å². The van der Waals surface area contributed by atoms with Crippen molar-refractivity contribution < 1.29 is 18.9 Å². The number of hydrogen-bond acceptors (Lipinski definition) is 8.